The SMILES string of the molecule is CCc1nnc2c(C(=O)Nc3ccc(C(=O)O)cc3)cccn12. The molecule has 0 atom stereocenters. The zero-order valence-corrected chi connectivity index (χ0v) is 12.4. The van der Waals surface area contributed by atoms with Crippen molar-refractivity contribution in [1.29, 1.82) is 0 Å². The maximum atomic E-state index is 12.4. The van der Waals surface area contributed by atoms with Crippen molar-refractivity contribution in [2.24, 2.45) is 0 Å². The number of benzene rings is 1. The first kappa shape index (κ1) is 14.7. The Morgan fingerprint density at radius 1 is 1.17 bits per heavy atom. The van der Waals surface area contributed by atoms with Crippen LogP contribution in [0.15, 0.2) is 42.6 Å². The number of carboxylic acids is 1. The van der Waals surface area contributed by atoms with Gasteiger partial charge in [0.15, 0.2) is 5.65 Å². The highest BCUT2D eigenvalue weighted by Crippen LogP contribution is 2.15. The van der Waals surface area contributed by atoms with Crippen LogP contribution in [-0.2, 0) is 6.42 Å². The number of carboxylic acid groups (broad SMARTS) is 1. The molecule has 7 nitrogen and oxygen atoms in total. The second-order valence-corrected chi connectivity index (χ2v) is 4.92. The number of anilines is 1. The third-order valence-electron chi connectivity index (χ3n) is 3.46. The van der Waals surface area contributed by atoms with E-state index in [4.69, 9.17) is 5.11 Å². The van der Waals surface area contributed by atoms with Gasteiger partial charge in [-0.2, -0.15) is 0 Å². The minimum atomic E-state index is -1.01. The van der Waals surface area contributed by atoms with Gasteiger partial charge in [-0.3, -0.25) is 9.20 Å². The second-order valence-electron chi connectivity index (χ2n) is 4.92. The Balaban J connectivity index is 1.89. The van der Waals surface area contributed by atoms with Crippen LogP contribution in [0.1, 0.15) is 33.5 Å². The maximum Gasteiger partial charge on any atom is 0.335 e. The monoisotopic (exact) mass is 310 g/mol. The molecular formula is C16H14N4O3. The molecule has 0 aliphatic rings. The van der Waals surface area contributed by atoms with E-state index in [1.165, 1.54) is 12.1 Å². The Kier molecular flexibility index (Phi) is 3.76. The highest BCUT2D eigenvalue weighted by Gasteiger charge is 2.14. The highest BCUT2D eigenvalue weighted by molar-refractivity contribution is 6.08. The lowest BCUT2D eigenvalue weighted by molar-refractivity contribution is 0.0696. The summed E-state index contributed by atoms with van der Waals surface area (Å²) in [6.45, 7) is 1.97. The molecule has 0 bridgehead atoms. The Morgan fingerprint density at radius 2 is 1.91 bits per heavy atom. The van der Waals surface area contributed by atoms with Gasteiger partial charge in [-0.1, -0.05) is 6.92 Å². The number of aromatic carboxylic acids is 1. The summed E-state index contributed by atoms with van der Waals surface area (Å²) in [5, 5.41) is 19.7. The van der Waals surface area contributed by atoms with Crippen molar-refractivity contribution in [1.82, 2.24) is 14.6 Å². The molecule has 116 valence electrons. The van der Waals surface area contributed by atoms with E-state index in [0.29, 0.717) is 23.3 Å². The fourth-order valence-electron chi connectivity index (χ4n) is 2.28. The Labute approximate surface area is 131 Å². The van der Waals surface area contributed by atoms with Gasteiger partial charge in [0.2, 0.25) is 0 Å². The molecule has 2 heterocycles. The quantitative estimate of drug-likeness (QED) is 0.770. The summed E-state index contributed by atoms with van der Waals surface area (Å²) in [5.74, 6) is -0.558. The number of hydrogen-bond acceptors (Lipinski definition) is 4. The van der Waals surface area contributed by atoms with E-state index >= 15 is 0 Å². The molecule has 3 rings (SSSR count). The summed E-state index contributed by atoms with van der Waals surface area (Å²) in [6.07, 6.45) is 2.52. The van der Waals surface area contributed by atoms with Gasteiger partial charge in [-0.25, -0.2) is 4.79 Å². The third kappa shape index (κ3) is 2.76. The van der Waals surface area contributed by atoms with Gasteiger partial charge in [0, 0.05) is 18.3 Å². The number of amides is 1. The summed E-state index contributed by atoms with van der Waals surface area (Å²) < 4.78 is 1.78. The molecule has 0 saturated heterocycles. The van der Waals surface area contributed by atoms with Gasteiger partial charge in [0.05, 0.1) is 11.1 Å². The summed E-state index contributed by atoms with van der Waals surface area (Å²) in [5.41, 5.74) is 1.57. The van der Waals surface area contributed by atoms with Crippen molar-refractivity contribution < 1.29 is 14.7 Å². The summed E-state index contributed by atoms with van der Waals surface area (Å²) in [7, 11) is 0. The zero-order chi connectivity index (χ0) is 16.4. The van der Waals surface area contributed by atoms with Crippen molar-refractivity contribution in [3.8, 4) is 0 Å². The maximum absolute atomic E-state index is 12.4. The minimum absolute atomic E-state index is 0.162. The molecule has 23 heavy (non-hydrogen) atoms. The molecule has 0 aliphatic heterocycles. The lowest BCUT2D eigenvalue weighted by Gasteiger charge is -2.06. The number of aryl methyl sites for hydroxylation is 1. The average molecular weight is 310 g/mol. The number of fused-ring (bicyclic) bond motifs is 1. The molecule has 1 amide bonds. The second kappa shape index (κ2) is 5.88. The van der Waals surface area contributed by atoms with Crippen LogP contribution in [0.25, 0.3) is 5.65 Å². The standard InChI is InChI=1S/C16H14N4O3/c1-2-13-18-19-14-12(4-3-9-20(13)14)15(21)17-11-7-5-10(6-8-11)16(22)23/h3-9H,2H2,1H3,(H,17,21)(H,22,23). The van der Waals surface area contributed by atoms with Gasteiger partial charge in [-0.05, 0) is 36.4 Å². The first-order valence-corrected chi connectivity index (χ1v) is 7.07. The minimum Gasteiger partial charge on any atom is -0.478 e. The fourth-order valence-corrected chi connectivity index (χ4v) is 2.28. The van der Waals surface area contributed by atoms with Crippen LogP contribution in [0.4, 0.5) is 5.69 Å². The van der Waals surface area contributed by atoms with Crippen molar-refractivity contribution in [3.05, 3.63) is 59.5 Å². The molecule has 1 aromatic carbocycles. The molecule has 0 fully saturated rings. The molecule has 7 heteroatoms. The van der Waals surface area contributed by atoms with Crippen LogP contribution in [0.2, 0.25) is 0 Å². The van der Waals surface area contributed by atoms with Crippen LogP contribution in [0.5, 0.6) is 0 Å². The summed E-state index contributed by atoms with van der Waals surface area (Å²) in [4.78, 5) is 23.3. The number of rotatable bonds is 4. The van der Waals surface area contributed by atoms with Crippen LogP contribution in [0.3, 0.4) is 0 Å². The van der Waals surface area contributed by atoms with Crippen LogP contribution >= 0.6 is 0 Å². The molecule has 0 spiro atoms. The van der Waals surface area contributed by atoms with E-state index in [1.54, 1.807) is 28.7 Å². The summed E-state index contributed by atoms with van der Waals surface area (Å²) >= 11 is 0. The van der Waals surface area contributed by atoms with E-state index < -0.39 is 5.97 Å². The van der Waals surface area contributed by atoms with E-state index in [2.05, 4.69) is 15.5 Å². The molecular weight excluding hydrogens is 296 g/mol. The highest BCUT2D eigenvalue weighted by atomic mass is 16.4. The zero-order valence-electron chi connectivity index (χ0n) is 12.4. The van der Waals surface area contributed by atoms with Crippen LogP contribution in [-0.4, -0.2) is 31.6 Å². The number of aromatic nitrogens is 3. The Morgan fingerprint density at radius 3 is 2.57 bits per heavy atom. The molecule has 2 N–H and O–H groups in total. The van der Waals surface area contributed by atoms with E-state index in [-0.39, 0.29) is 11.5 Å². The predicted molar refractivity (Wildman–Crippen MR) is 83.7 cm³/mol. The molecule has 3 aromatic rings. The smallest absolute Gasteiger partial charge is 0.335 e. The Bertz CT molecular complexity index is 884. The van der Waals surface area contributed by atoms with Crippen LogP contribution < -0.4 is 5.32 Å². The molecule has 0 unspecified atom stereocenters. The predicted octanol–water partition coefficient (Wildman–Crippen LogP) is 2.24. The molecule has 2 aromatic heterocycles. The number of carbonyl (C=O) groups is 2. The van der Waals surface area contributed by atoms with E-state index in [0.717, 1.165) is 5.82 Å². The Hall–Kier alpha value is -3.22. The van der Waals surface area contributed by atoms with Gasteiger partial charge >= 0.3 is 5.97 Å². The number of nitrogens with zero attached hydrogens (tertiary/aromatic N) is 3. The molecule has 0 aliphatic carbocycles. The lowest BCUT2D eigenvalue weighted by Crippen LogP contribution is -2.13. The van der Waals surface area contributed by atoms with Crippen molar-refractivity contribution >= 4 is 23.2 Å². The van der Waals surface area contributed by atoms with Crippen molar-refractivity contribution in [3.63, 3.8) is 0 Å². The number of nitrogens with one attached hydrogen (secondary N) is 1. The van der Waals surface area contributed by atoms with Gasteiger partial charge < -0.3 is 10.4 Å². The first-order chi connectivity index (χ1) is 11.1. The summed E-state index contributed by atoms with van der Waals surface area (Å²) in [6, 6.07) is 9.39. The number of pyridine rings is 1. The topological polar surface area (TPSA) is 96.6 Å². The van der Waals surface area contributed by atoms with Gasteiger partial charge in [-0.15, -0.1) is 10.2 Å². The normalized spacial score (nSPS) is 10.7. The average Bonchev–Trinajstić information content (AvgIpc) is 2.98. The van der Waals surface area contributed by atoms with Gasteiger partial charge in [0.25, 0.3) is 5.91 Å². The van der Waals surface area contributed by atoms with Gasteiger partial charge in [0.1, 0.15) is 5.82 Å². The number of hydrogen-bond donors (Lipinski definition) is 2. The molecule has 0 saturated carbocycles. The van der Waals surface area contributed by atoms with E-state index in [9.17, 15) is 9.59 Å². The van der Waals surface area contributed by atoms with Crippen molar-refractivity contribution in [2.75, 3.05) is 5.32 Å². The van der Waals surface area contributed by atoms with E-state index in [1.807, 2.05) is 13.1 Å². The number of carbonyl (C=O) groups excluding carboxylic acids is 1. The third-order valence-corrected chi connectivity index (χ3v) is 3.46. The van der Waals surface area contributed by atoms with Crippen molar-refractivity contribution in [2.45, 2.75) is 13.3 Å². The first-order valence-electron chi connectivity index (χ1n) is 7.07. The molecule has 0 radical (unpaired) electrons. The fraction of sp³-hybridized carbons (Fsp3) is 0.125. The largest absolute Gasteiger partial charge is 0.478 e. The van der Waals surface area contributed by atoms with Crippen LogP contribution in [0, 0.1) is 0 Å². The lowest BCUT2D eigenvalue weighted by atomic mass is 10.2.